The standard InChI is InChI=1S/C37H35ClF2N10O2S/c1-20-12-36(7-3-10-48(36)14-20)17-52-34-45-30-23(11-25(38)28(29(30)40)22-5-6-26(39)31-27(22)24(13-41)32(42)53-31)33(46-34)47-9-4-8-37(16-47)21(2)15-49(37)35(51)50-19-43-18-44-50/h5-6,11,18-19,21H,1,3-4,7-10,12,14-17,42H2,2H3/t21?,36-,37+/m0/s1. The molecule has 16 heteroatoms. The number of rotatable bonds is 5. The predicted octanol–water partition coefficient (Wildman–Crippen LogP) is 6.62. The average Bonchev–Trinajstić information content (AvgIpc) is 3.94. The smallest absolute Gasteiger partial charge is 0.346 e. The zero-order valence-corrected chi connectivity index (χ0v) is 30.5. The number of fused-ring (bicyclic) bond motifs is 3. The number of nitriles is 1. The Labute approximate surface area is 312 Å². The van der Waals surface area contributed by atoms with E-state index in [4.69, 9.17) is 27.1 Å². The van der Waals surface area contributed by atoms with E-state index in [1.54, 1.807) is 6.07 Å². The van der Waals surface area contributed by atoms with Crippen LogP contribution in [0.4, 0.5) is 24.4 Å². The summed E-state index contributed by atoms with van der Waals surface area (Å²) in [7, 11) is 0. The number of thiophene rings is 1. The van der Waals surface area contributed by atoms with Crippen molar-refractivity contribution in [1.29, 1.82) is 5.26 Å². The maximum absolute atomic E-state index is 17.3. The van der Waals surface area contributed by atoms with Gasteiger partial charge in [-0.15, -0.1) is 11.3 Å². The van der Waals surface area contributed by atoms with E-state index in [0.717, 1.165) is 62.1 Å². The second-order valence-corrected chi connectivity index (χ2v) is 16.2. The highest BCUT2D eigenvalue weighted by Gasteiger charge is 2.56. The Morgan fingerprint density at radius 2 is 2.08 bits per heavy atom. The summed E-state index contributed by atoms with van der Waals surface area (Å²) in [4.78, 5) is 33.4. The van der Waals surface area contributed by atoms with Crippen LogP contribution in [0, 0.1) is 28.9 Å². The third kappa shape index (κ3) is 5.09. The number of amides is 1. The molecule has 3 atom stereocenters. The highest BCUT2D eigenvalue weighted by Crippen LogP contribution is 2.48. The Morgan fingerprint density at radius 1 is 1.25 bits per heavy atom. The minimum Gasteiger partial charge on any atom is -0.461 e. The molecular weight excluding hydrogens is 722 g/mol. The molecule has 4 aliphatic heterocycles. The number of aromatic nitrogens is 5. The number of hydrogen-bond donors (Lipinski definition) is 1. The maximum Gasteiger partial charge on any atom is 0.346 e. The number of carbonyl (C=O) groups is 1. The van der Waals surface area contributed by atoms with Crippen LogP contribution in [-0.4, -0.2) is 91.0 Å². The second kappa shape index (κ2) is 12.3. The molecular formula is C37H35ClF2N10O2S. The second-order valence-electron chi connectivity index (χ2n) is 14.8. The quantitative estimate of drug-likeness (QED) is 0.195. The van der Waals surface area contributed by atoms with Crippen LogP contribution in [0.1, 0.15) is 44.6 Å². The molecule has 4 aliphatic rings. The van der Waals surface area contributed by atoms with Gasteiger partial charge >= 0.3 is 12.0 Å². The van der Waals surface area contributed by atoms with Crippen LogP contribution in [0.15, 0.2) is 43.0 Å². The average molecular weight is 757 g/mol. The molecule has 7 heterocycles. The van der Waals surface area contributed by atoms with Crippen LogP contribution in [0.5, 0.6) is 6.01 Å². The number of halogens is 3. The monoisotopic (exact) mass is 756 g/mol. The van der Waals surface area contributed by atoms with Crippen molar-refractivity contribution >= 4 is 60.8 Å². The first-order chi connectivity index (χ1) is 25.5. The van der Waals surface area contributed by atoms with Crippen molar-refractivity contribution in [3.8, 4) is 23.2 Å². The molecule has 1 unspecified atom stereocenters. The first kappa shape index (κ1) is 33.9. The molecule has 4 fully saturated rings. The van der Waals surface area contributed by atoms with Gasteiger partial charge < -0.3 is 20.3 Å². The number of nitrogens with zero attached hydrogens (tertiary/aromatic N) is 9. The van der Waals surface area contributed by atoms with Crippen LogP contribution in [0.2, 0.25) is 5.02 Å². The highest BCUT2D eigenvalue weighted by atomic mass is 35.5. The lowest BCUT2D eigenvalue weighted by molar-refractivity contribution is -0.0454. The molecule has 0 aliphatic carbocycles. The largest absolute Gasteiger partial charge is 0.461 e. The van der Waals surface area contributed by atoms with Gasteiger partial charge in [0.2, 0.25) is 0 Å². The Bertz CT molecular complexity index is 2400. The maximum atomic E-state index is 17.3. The SMILES string of the molecule is C=C1CN2CCC[C@@]2(COc2nc(N3CCC[C@@]4(C3)C(C)CN4C(=O)n3cncn3)c3cc(Cl)c(-c4ccc(F)c5sc(N)c(C#N)c45)c(F)c3n2)C1. The van der Waals surface area contributed by atoms with Gasteiger partial charge in [-0.3, -0.25) is 4.90 Å². The summed E-state index contributed by atoms with van der Waals surface area (Å²) in [5, 5.41) is 14.7. The van der Waals surface area contributed by atoms with Gasteiger partial charge in [0.1, 0.15) is 47.5 Å². The van der Waals surface area contributed by atoms with Crippen molar-refractivity contribution in [2.75, 3.05) is 50.0 Å². The Balaban J connectivity index is 1.18. The van der Waals surface area contributed by atoms with Gasteiger partial charge in [0.15, 0.2) is 5.82 Å². The van der Waals surface area contributed by atoms with Gasteiger partial charge in [0, 0.05) is 42.5 Å². The fraction of sp³-hybridized carbons (Fsp3) is 0.405. The summed E-state index contributed by atoms with van der Waals surface area (Å²) >= 11 is 7.89. The van der Waals surface area contributed by atoms with E-state index in [1.807, 2.05) is 4.90 Å². The van der Waals surface area contributed by atoms with Crippen molar-refractivity contribution in [2.24, 2.45) is 5.92 Å². The van der Waals surface area contributed by atoms with Gasteiger partial charge in [-0.05, 0) is 62.3 Å². The molecule has 5 aromatic rings. The Hall–Kier alpha value is -4.91. The summed E-state index contributed by atoms with van der Waals surface area (Å²) in [6.07, 6.45) is 7.02. The molecule has 0 radical (unpaired) electrons. The summed E-state index contributed by atoms with van der Waals surface area (Å²) in [6.45, 7) is 10.00. The minimum atomic E-state index is -0.760. The number of nitrogens with two attached hydrogens (primary N) is 1. The number of ether oxygens (including phenoxy) is 1. The Kier molecular flexibility index (Phi) is 7.88. The number of nitrogen functional groups attached to an aromatic ring is 1. The van der Waals surface area contributed by atoms with Crippen molar-refractivity contribution in [3.05, 3.63) is 65.2 Å². The van der Waals surface area contributed by atoms with Crippen LogP contribution >= 0.6 is 22.9 Å². The summed E-state index contributed by atoms with van der Waals surface area (Å²) < 4.78 is 40.1. The van der Waals surface area contributed by atoms with Crippen molar-refractivity contribution in [3.63, 3.8) is 0 Å². The van der Waals surface area contributed by atoms with E-state index in [2.05, 4.69) is 44.4 Å². The van der Waals surface area contributed by atoms with E-state index >= 15 is 8.78 Å². The summed E-state index contributed by atoms with van der Waals surface area (Å²) in [5.41, 5.74) is 6.73. The molecule has 9 rings (SSSR count). The van der Waals surface area contributed by atoms with Crippen LogP contribution < -0.4 is 15.4 Å². The third-order valence-corrected chi connectivity index (χ3v) is 13.1. The number of likely N-dealkylation sites (tertiary alicyclic amines) is 1. The van der Waals surface area contributed by atoms with E-state index in [1.165, 1.54) is 29.5 Å². The molecule has 272 valence electrons. The van der Waals surface area contributed by atoms with Crippen molar-refractivity contribution in [1.82, 2.24) is 34.5 Å². The van der Waals surface area contributed by atoms with Crippen molar-refractivity contribution < 1.29 is 18.3 Å². The molecule has 4 saturated heterocycles. The molecule has 3 aromatic heterocycles. The van der Waals surface area contributed by atoms with E-state index in [9.17, 15) is 10.1 Å². The van der Waals surface area contributed by atoms with E-state index in [-0.39, 0.29) is 65.8 Å². The molecule has 2 N–H and O–H groups in total. The first-order valence-corrected chi connectivity index (χ1v) is 18.8. The predicted molar refractivity (Wildman–Crippen MR) is 198 cm³/mol. The lowest BCUT2D eigenvalue weighted by Crippen LogP contribution is -2.74. The topological polar surface area (TPSA) is 142 Å². The highest BCUT2D eigenvalue weighted by molar-refractivity contribution is 7.23. The number of benzene rings is 2. The fourth-order valence-corrected chi connectivity index (χ4v) is 10.5. The van der Waals surface area contributed by atoms with Crippen LogP contribution in [0.3, 0.4) is 0 Å². The van der Waals surface area contributed by atoms with Gasteiger partial charge in [-0.25, -0.2) is 18.6 Å². The molecule has 53 heavy (non-hydrogen) atoms. The molecule has 2 aromatic carbocycles. The Morgan fingerprint density at radius 3 is 2.85 bits per heavy atom. The normalized spacial score (nSPS) is 24.3. The first-order valence-electron chi connectivity index (χ1n) is 17.6. The molecule has 0 bridgehead atoms. The zero-order valence-electron chi connectivity index (χ0n) is 28.9. The summed E-state index contributed by atoms with van der Waals surface area (Å²) in [6, 6.07) is 6.06. The molecule has 1 amide bonds. The number of piperidine rings is 1. The van der Waals surface area contributed by atoms with Crippen molar-refractivity contribution in [2.45, 2.75) is 50.1 Å². The number of anilines is 2. The van der Waals surface area contributed by atoms with E-state index in [0.29, 0.717) is 37.4 Å². The molecule has 0 saturated carbocycles. The van der Waals surface area contributed by atoms with Crippen LogP contribution in [-0.2, 0) is 0 Å². The number of carbonyl (C=O) groups excluding carboxylic acids is 1. The fourth-order valence-electron chi connectivity index (χ4n) is 9.21. The molecule has 1 spiro atoms. The van der Waals surface area contributed by atoms with Gasteiger partial charge in [-0.1, -0.05) is 36.7 Å². The van der Waals surface area contributed by atoms with Gasteiger partial charge in [0.05, 0.1) is 26.4 Å². The minimum absolute atomic E-state index is 0.0111. The lowest BCUT2D eigenvalue weighted by atomic mass is 9.70. The van der Waals surface area contributed by atoms with Gasteiger partial charge in [0.25, 0.3) is 0 Å². The number of hydrogen-bond acceptors (Lipinski definition) is 11. The zero-order chi connectivity index (χ0) is 36.8. The van der Waals surface area contributed by atoms with E-state index < -0.39 is 17.2 Å². The van der Waals surface area contributed by atoms with Crippen LogP contribution in [0.25, 0.3) is 32.1 Å². The summed E-state index contributed by atoms with van der Waals surface area (Å²) in [5.74, 6) is -0.731. The van der Waals surface area contributed by atoms with Gasteiger partial charge in [-0.2, -0.15) is 25.0 Å². The molecule has 12 nitrogen and oxygen atoms in total. The lowest BCUT2D eigenvalue weighted by Gasteiger charge is -2.61. The third-order valence-electron chi connectivity index (χ3n) is 11.8.